The maximum atomic E-state index is 12.0. The predicted molar refractivity (Wildman–Crippen MR) is 60.5 cm³/mol. The van der Waals surface area contributed by atoms with Crippen LogP contribution in [0.4, 0.5) is 0 Å². The van der Waals surface area contributed by atoms with Crippen molar-refractivity contribution in [1.29, 1.82) is 0 Å². The number of rotatable bonds is 5. The van der Waals surface area contributed by atoms with Gasteiger partial charge in [-0.3, -0.25) is 4.79 Å². The summed E-state index contributed by atoms with van der Waals surface area (Å²) in [7, 11) is 0. The molecular formula is C12H22N2O. The van der Waals surface area contributed by atoms with Gasteiger partial charge in [0.25, 0.3) is 0 Å². The molecule has 0 aromatic rings. The summed E-state index contributed by atoms with van der Waals surface area (Å²) in [5, 5.41) is 3.22. The highest BCUT2D eigenvalue weighted by molar-refractivity contribution is 5.77. The Hall–Kier alpha value is -0.570. The summed E-state index contributed by atoms with van der Waals surface area (Å²) < 4.78 is 0. The number of hydrogen-bond acceptors (Lipinski definition) is 2. The van der Waals surface area contributed by atoms with Crippen LogP contribution in [0.15, 0.2) is 0 Å². The van der Waals surface area contributed by atoms with E-state index in [-0.39, 0.29) is 0 Å². The fourth-order valence-electron chi connectivity index (χ4n) is 2.04. The topological polar surface area (TPSA) is 32.3 Å². The molecule has 0 spiro atoms. The molecule has 1 saturated carbocycles. The number of nitrogens with one attached hydrogen (secondary N) is 1. The fourth-order valence-corrected chi connectivity index (χ4v) is 2.04. The molecule has 1 aliphatic heterocycles. The number of amides is 1. The van der Waals surface area contributed by atoms with Crippen molar-refractivity contribution in [3.63, 3.8) is 0 Å². The van der Waals surface area contributed by atoms with Crippen molar-refractivity contribution in [3.05, 3.63) is 0 Å². The van der Waals surface area contributed by atoms with Gasteiger partial charge in [0, 0.05) is 19.0 Å². The summed E-state index contributed by atoms with van der Waals surface area (Å²) >= 11 is 0. The number of carbonyl (C=O) groups is 1. The first-order chi connectivity index (χ1) is 7.16. The van der Waals surface area contributed by atoms with E-state index in [0.717, 1.165) is 32.0 Å². The highest BCUT2D eigenvalue weighted by Crippen LogP contribution is 2.30. The molecule has 86 valence electrons. The molecule has 1 amide bonds. The first kappa shape index (κ1) is 10.9. The Bertz CT molecular complexity index is 232. The van der Waals surface area contributed by atoms with Gasteiger partial charge < -0.3 is 10.2 Å². The highest BCUT2D eigenvalue weighted by atomic mass is 16.2. The molecule has 0 bridgehead atoms. The minimum absolute atomic E-state index is 0.364. The van der Waals surface area contributed by atoms with Crippen molar-refractivity contribution in [2.24, 2.45) is 11.8 Å². The van der Waals surface area contributed by atoms with E-state index in [1.807, 2.05) is 0 Å². The van der Waals surface area contributed by atoms with Crippen molar-refractivity contribution >= 4 is 5.91 Å². The second-order valence-electron chi connectivity index (χ2n) is 5.31. The Morgan fingerprint density at radius 2 is 2.00 bits per heavy atom. The number of carbonyl (C=O) groups excluding carboxylic acids is 1. The third-order valence-corrected chi connectivity index (χ3v) is 3.42. The molecule has 0 radical (unpaired) electrons. The van der Waals surface area contributed by atoms with Crippen molar-refractivity contribution < 1.29 is 4.79 Å². The molecule has 1 saturated heterocycles. The zero-order valence-electron chi connectivity index (χ0n) is 9.83. The van der Waals surface area contributed by atoms with E-state index in [4.69, 9.17) is 0 Å². The fraction of sp³-hybridized carbons (Fsp3) is 0.917. The third kappa shape index (κ3) is 2.94. The molecule has 0 unspecified atom stereocenters. The summed E-state index contributed by atoms with van der Waals surface area (Å²) in [4.78, 5) is 14.1. The zero-order valence-corrected chi connectivity index (χ0v) is 9.83. The molecule has 1 heterocycles. The first-order valence-electron chi connectivity index (χ1n) is 6.17. The lowest BCUT2D eigenvalue weighted by molar-refractivity contribution is -0.134. The van der Waals surface area contributed by atoms with Crippen molar-refractivity contribution in [3.8, 4) is 0 Å². The Morgan fingerprint density at radius 1 is 1.33 bits per heavy atom. The number of hydrogen-bond donors (Lipinski definition) is 1. The minimum atomic E-state index is 0.364. The van der Waals surface area contributed by atoms with Gasteiger partial charge in [0.1, 0.15) is 0 Å². The van der Waals surface area contributed by atoms with Crippen LogP contribution in [0.1, 0.15) is 33.1 Å². The Morgan fingerprint density at radius 3 is 2.40 bits per heavy atom. The highest BCUT2D eigenvalue weighted by Gasteiger charge is 2.30. The molecule has 3 heteroatoms. The predicted octanol–water partition coefficient (Wildman–Crippen LogP) is 1.24. The first-order valence-corrected chi connectivity index (χ1v) is 6.17. The normalized spacial score (nSPS) is 21.5. The Kier molecular flexibility index (Phi) is 3.29. The summed E-state index contributed by atoms with van der Waals surface area (Å²) in [6.07, 6.45) is 3.39. The minimum Gasteiger partial charge on any atom is -0.340 e. The molecule has 0 aromatic carbocycles. The van der Waals surface area contributed by atoms with E-state index in [0.29, 0.717) is 17.9 Å². The summed E-state index contributed by atoms with van der Waals surface area (Å²) in [5.74, 6) is 1.76. The van der Waals surface area contributed by atoms with Gasteiger partial charge in [-0.15, -0.1) is 0 Å². The quantitative estimate of drug-likeness (QED) is 0.740. The average molecular weight is 210 g/mol. The van der Waals surface area contributed by atoms with Gasteiger partial charge in [-0.1, -0.05) is 0 Å². The lowest BCUT2D eigenvalue weighted by Crippen LogP contribution is -2.47. The summed E-state index contributed by atoms with van der Waals surface area (Å²) in [5.41, 5.74) is 0. The van der Waals surface area contributed by atoms with Crippen molar-refractivity contribution in [1.82, 2.24) is 10.2 Å². The van der Waals surface area contributed by atoms with Crippen LogP contribution in [0.3, 0.4) is 0 Å². The molecule has 0 aromatic heterocycles. The van der Waals surface area contributed by atoms with Crippen molar-refractivity contribution in [2.45, 2.75) is 39.2 Å². The summed E-state index contributed by atoms with van der Waals surface area (Å²) in [6.45, 7) is 7.30. The maximum absolute atomic E-state index is 12.0. The van der Waals surface area contributed by atoms with Gasteiger partial charge >= 0.3 is 0 Å². The van der Waals surface area contributed by atoms with Gasteiger partial charge in [-0.05, 0) is 51.6 Å². The standard InChI is InChI=1S/C12H22N2O/c1-9(2)14(8-10-3-4-10)12(15)5-11-6-13-7-11/h9-11,13H,3-8H2,1-2H3. The van der Waals surface area contributed by atoms with Gasteiger partial charge in [0.15, 0.2) is 0 Å². The van der Waals surface area contributed by atoms with Crippen LogP contribution in [0.2, 0.25) is 0 Å². The SMILES string of the molecule is CC(C)N(CC1CC1)C(=O)CC1CNC1. The monoisotopic (exact) mass is 210 g/mol. The molecule has 0 atom stereocenters. The molecule has 2 fully saturated rings. The largest absolute Gasteiger partial charge is 0.340 e. The third-order valence-electron chi connectivity index (χ3n) is 3.42. The van der Waals surface area contributed by atoms with Gasteiger partial charge in [0.05, 0.1) is 0 Å². The maximum Gasteiger partial charge on any atom is 0.223 e. The number of nitrogens with zero attached hydrogens (tertiary/aromatic N) is 1. The van der Waals surface area contributed by atoms with Crippen LogP contribution < -0.4 is 5.32 Å². The Balaban J connectivity index is 1.81. The lowest BCUT2D eigenvalue weighted by Gasteiger charge is -2.32. The van der Waals surface area contributed by atoms with E-state index in [1.165, 1.54) is 12.8 Å². The molecule has 2 aliphatic rings. The van der Waals surface area contributed by atoms with E-state index in [2.05, 4.69) is 24.1 Å². The molecule has 1 N–H and O–H groups in total. The summed E-state index contributed by atoms with van der Waals surface area (Å²) in [6, 6.07) is 0.367. The molecular weight excluding hydrogens is 188 g/mol. The van der Waals surface area contributed by atoms with Crippen LogP contribution in [0.25, 0.3) is 0 Å². The van der Waals surface area contributed by atoms with E-state index < -0.39 is 0 Å². The van der Waals surface area contributed by atoms with Gasteiger partial charge in [0.2, 0.25) is 5.91 Å². The smallest absolute Gasteiger partial charge is 0.223 e. The van der Waals surface area contributed by atoms with Crippen LogP contribution in [-0.4, -0.2) is 36.5 Å². The van der Waals surface area contributed by atoms with Crippen LogP contribution in [-0.2, 0) is 4.79 Å². The molecule has 2 rings (SSSR count). The molecule has 1 aliphatic carbocycles. The van der Waals surface area contributed by atoms with Crippen LogP contribution in [0.5, 0.6) is 0 Å². The molecule has 3 nitrogen and oxygen atoms in total. The Labute approximate surface area is 92.2 Å². The second kappa shape index (κ2) is 4.52. The second-order valence-corrected chi connectivity index (χ2v) is 5.31. The van der Waals surface area contributed by atoms with Gasteiger partial charge in [-0.2, -0.15) is 0 Å². The van der Waals surface area contributed by atoms with E-state index in [1.54, 1.807) is 0 Å². The van der Waals surface area contributed by atoms with Crippen LogP contribution in [0, 0.1) is 11.8 Å². The molecule has 15 heavy (non-hydrogen) atoms. The lowest BCUT2D eigenvalue weighted by atomic mass is 9.98. The van der Waals surface area contributed by atoms with Gasteiger partial charge in [-0.25, -0.2) is 0 Å². The zero-order chi connectivity index (χ0) is 10.8. The average Bonchev–Trinajstić information content (AvgIpc) is 2.90. The van der Waals surface area contributed by atoms with E-state index in [9.17, 15) is 4.79 Å². The van der Waals surface area contributed by atoms with Crippen molar-refractivity contribution in [2.75, 3.05) is 19.6 Å². The van der Waals surface area contributed by atoms with Crippen LogP contribution >= 0.6 is 0 Å². The van der Waals surface area contributed by atoms with E-state index >= 15 is 0 Å².